The third kappa shape index (κ3) is 5.66. The number of hydrogen-bond acceptors (Lipinski definition) is 1. The Kier molecular flexibility index (Phi) is 8.57. The van der Waals surface area contributed by atoms with Gasteiger partial charge in [0, 0.05) is 77.0 Å². The number of aromatic nitrogens is 3. The molecule has 13 aromatic carbocycles. The van der Waals surface area contributed by atoms with Gasteiger partial charge in [0.05, 0.1) is 33.0 Å². The van der Waals surface area contributed by atoms with Crippen molar-refractivity contribution in [1.29, 1.82) is 0 Å². The normalized spacial score (nSPS) is 13.2. The van der Waals surface area contributed by atoms with Crippen LogP contribution >= 0.6 is 0 Å². The summed E-state index contributed by atoms with van der Waals surface area (Å²) in [7, 11) is 0. The molecule has 0 saturated carbocycles. The molecule has 4 nitrogen and oxygen atoms in total. The third-order valence-electron chi connectivity index (χ3n) is 17.8. The highest BCUT2D eigenvalue weighted by Crippen LogP contribution is 2.63. The van der Waals surface area contributed by atoms with Gasteiger partial charge in [-0.15, -0.1) is 0 Å². The van der Waals surface area contributed by atoms with Crippen molar-refractivity contribution in [3.8, 4) is 44.8 Å². The Labute approximate surface area is 455 Å². The Morgan fingerprint density at radius 2 is 0.835 bits per heavy atom. The molecule has 0 fully saturated rings. The van der Waals surface area contributed by atoms with E-state index in [-0.39, 0.29) is 0 Å². The Hall–Kier alpha value is -10.4. The van der Waals surface area contributed by atoms with E-state index in [1.807, 2.05) is 0 Å². The van der Waals surface area contributed by atoms with E-state index < -0.39 is 5.41 Å². The van der Waals surface area contributed by atoms with Crippen LogP contribution in [0.15, 0.2) is 273 Å². The first kappa shape index (κ1) is 42.8. The number of aromatic amines is 1. The van der Waals surface area contributed by atoms with E-state index in [4.69, 9.17) is 0 Å². The van der Waals surface area contributed by atoms with E-state index in [0.29, 0.717) is 0 Å². The number of para-hydroxylation sites is 3. The summed E-state index contributed by atoms with van der Waals surface area (Å²) in [6.45, 7) is 0. The van der Waals surface area contributed by atoms with Crippen molar-refractivity contribution in [2.24, 2.45) is 0 Å². The fourth-order valence-electron chi connectivity index (χ4n) is 14.6. The van der Waals surface area contributed by atoms with Crippen molar-refractivity contribution in [2.75, 3.05) is 4.90 Å². The smallest absolute Gasteiger partial charge is 0.0726 e. The maximum Gasteiger partial charge on any atom is 0.0726 e. The first-order chi connectivity index (χ1) is 39.2. The third-order valence-corrected chi connectivity index (χ3v) is 17.8. The van der Waals surface area contributed by atoms with Gasteiger partial charge in [0.15, 0.2) is 0 Å². The number of H-pyrrole nitrogens is 1. The second-order valence-corrected chi connectivity index (χ2v) is 21.6. The zero-order valence-electron chi connectivity index (χ0n) is 42.8. The quantitative estimate of drug-likeness (QED) is 0.165. The fourth-order valence-corrected chi connectivity index (χ4v) is 14.6. The molecule has 3 heterocycles. The van der Waals surface area contributed by atoms with Gasteiger partial charge >= 0.3 is 0 Å². The molecule has 2 aliphatic rings. The van der Waals surface area contributed by atoms with Crippen LogP contribution < -0.4 is 4.90 Å². The predicted octanol–water partition coefficient (Wildman–Crippen LogP) is 19.6. The molecule has 0 unspecified atom stereocenters. The molecule has 0 aliphatic heterocycles. The zero-order valence-corrected chi connectivity index (χ0v) is 42.8. The van der Waals surface area contributed by atoms with Crippen LogP contribution in [0.2, 0.25) is 0 Å². The van der Waals surface area contributed by atoms with Gasteiger partial charge in [-0.25, -0.2) is 0 Å². The lowest BCUT2D eigenvalue weighted by Crippen LogP contribution is -2.26. The average molecular weight is 1000 g/mol. The summed E-state index contributed by atoms with van der Waals surface area (Å²) < 4.78 is 5.13. The monoisotopic (exact) mass is 1000 g/mol. The molecule has 16 aromatic rings. The molecular weight excluding hydrogens is 957 g/mol. The average Bonchev–Trinajstić information content (AvgIpc) is 2.43. The molecule has 1 N–H and O–H groups in total. The Bertz CT molecular complexity index is 5070. The summed E-state index contributed by atoms with van der Waals surface area (Å²) in [6.07, 6.45) is 0. The van der Waals surface area contributed by atoms with Gasteiger partial charge in [-0.2, -0.15) is 0 Å². The molecule has 0 atom stereocenters. The van der Waals surface area contributed by atoms with Crippen LogP contribution in [-0.2, 0) is 5.41 Å². The van der Waals surface area contributed by atoms with E-state index in [1.54, 1.807) is 0 Å². The summed E-state index contributed by atoms with van der Waals surface area (Å²) >= 11 is 0. The molecule has 0 saturated heterocycles. The summed E-state index contributed by atoms with van der Waals surface area (Å²) in [4.78, 5) is 6.30. The van der Waals surface area contributed by atoms with Crippen LogP contribution in [0.4, 0.5) is 17.1 Å². The molecule has 79 heavy (non-hydrogen) atoms. The lowest BCUT2D eigenvalue weighted by Gasteiger charge is -2.30. The number of hydrogen-bond donors (Lipinski definition) is 1. The molecule has 1 spiro atoms. The molecule has 18 rings (SSSR count). The van der Waals surface area contributed by atoms with Crippen molar-refractivity contribution < 1.29 is 0 Å². The largest absolute Gasteiger partial charge is 0.354 e. The molecule has 0 bridgehead atoms. The van der Waals surface area contributed by atoms with Gasteiger partial charge in [0.1, 0.15) is 0 Å². The topological polar surface area (TPSA) is 28.9 Å². The lowest BCUT2D eigenvalue weighted by molar-refractivity contribution is 0.792. The van der Waals surface area contributed by atoms with Crippen LogP contribution in [0, 0.1) is 0 Å². The molecule has 4 heteroatoms. The molecular formula is C75H46N4. The van der Waals surface area contributed by atoms with E-state index >= 15 is 0 Å². The highest BCUT2D eigenvalue weighted by atomic mass is 15.1. The molecule has 2 aliphatic carbocycles. The minimum Gasteiger partial charge on any atom is -0.354 e. The Morgan fingerprint density at radius 1 is 0.304 bits per heavy atom. The van der Waals surface area contributed by atoms with Crippen LogP contribution in [-0.4, -0.2) is 14.1 Å². The van der Waals surface area contributed by atoms with Crippen LogP contribution in [0.1, 0.15) is 22.3 Å². The maximum absolute atomic E-state index is 3.92. The first-order valence-corrected chi connectivity index (χ1v) is 27.4. The second kappa shape index (κ2) is 15.8. The Balaban J connectivity index is 0.976. The van der Waals surface area contributed by atoms with Gasteiger partial charge in [0.25, 0.3) is 0 Å². The molecule has 366 valence electrons. The summed E-state index contributed by atoms with van der Waals surface area (Å²) in [5, 5.41) is 9.80. The minimum absolute atomic E-state index is 0.486. The SMILES string of the molecule is c1ccc(-c2ccc(-n3c4ccc(N(c5ccccc5)c5ccccc5)cc4c4cc5c6c(ccc7c8[nH]c9ccccc9c8cc(c76)n5-c5ccc6c(c5)C5(c7ccccc7-c7ccccc75)c5ccccc5-6)c43)cc2)cc1. The number of nitrogens with zero attached hydrogens (tertiary/aromatic N) is 3. The number of nitrogens with one attached hydrogen (secondary N) is 1. The van der Waals surface area contributed by atoms with E-state index in [2.05, 4.69) is 292 Å². The second-order valence-electron chi connectivity index (χ2n) is 21.6. The van der Waals surface area contributed by atoms with Crippen molar-refractivity contribution in [3.63, 3.8) is 0 Å². The van der Waals surface area contributed by atoms with Gasteiger partial charge in [-0.05, 0) is 141 Å². The predicted molar refractivity (Wildman–Crippen MR) is 330 cm³/mol. The maximum atomic E-state index is 3.92. The van der Waals surface area contributed by atoms with E-state index in [9.17, 15) is 0 Å². The van der Waals surface area contributed by atoms with Crippen LogP contribution in [0.3, 0.4) is 0 Å². The highest BCUT2D eigenvalue weighted by Gasteiger charge is 2.51. The van der Waals surface area contributed by atoms with Crippen molar-refractivity contribution in [1.82, 2.24) is 14.1 Å². The minimum atomic E-state index is -0.486. The van der Waals surface area contributed by atoms with Crippen LogP contribution in [0.5, 0.6) is 0 Å². The number of anilines is 3. The molecule has 3 aromatic heterocycles. The first-order valence-electron chi connectivity index (χ1n) is 27.4. The number of benzene rings is 13. The highest BCUT2D eigenvalue weighted by molar-refractivity contribution is 6.36. The van der Waals surface area contributed by atoms with Gasteiger partial charge in [0.2, 0.25) is 0 Å². The summed E-state index contributed by atoms with van der Waals surface area (Å²) in [5.41, 5.74) is 25.1. The number of rotatable bonds is 6. The van der Waals surface area contributed by atoms with Crippen molar-refractivity contribution in [2.45, 2.75) is 5.41 Å². The standard InChI is InChI=1S/C75H46N4/c1-4-18-46(19-5-1)47-32-34-50(35-33-47)79-68-41-37-51(77(48-20-6-2-7-21-48)49-22-8-3-9-23-49)42-60(68)62-45-70-72-59(74(62)79)40-39-58-71(72)69(44-61-57-27-13-17-31-67(57)76-73(58)61)78(70)52-36-38-56-55-26-12-16-30-65(55)75(66(56)43-52)63-28-14-10-24-53(63)54-25-11-15-29-64(54)75/h1-45,76H. The van der Waals surface area contributed by atoms with E-state index in [1.165, 1.54) is 121 Å². The number of fused-ring (bicyclic) bond motifs is 18. The lowest BCUT2D eigenvalue weighted by atomic mass is 9.70. The van der Waals surface area contributed by atoms with Crippen LogP contribution in [0.25, 0.3) is 121 Å². The molecule has 0 amide bonds. The van der Waals surface area contributed by atoms with Gasteiger partial charge < -0.3 is 19.0 Å². The molecule has 0 radical (unpaired) electrons. The zero-order chi connectivity index (χ0) is 51.5. The van der Waals surface area contributed by atoms with Gasteiger partial charge in [-0.1, -0.05) is 188 Å². The van der Waals surface area contributed by atoms with Gasteiger partial charge in [-0.3, -0.25) is 0 Å². The summed E-state index contributed by atoms with van der Waals surface area (Å²) in [6, 6.07) is 102. The van der Waals surface area contributed by atoms with Crippen molar-refractivity contribution in [3.05, 3.63) is 295 Å². The summed E-state index contributed by atoms with van der Waals surface area (Å²) in [5.74, 6) is 0. The fraction of sp³-hybridized carbons (Fsp3) is 0.0133. The van der Waals surface area contributed by atoms with E-state index in [0.717, 1.165) is 39.5 Å². The Morgan fingerprint density at radius 3 is 1.51 bits per heavy atom. The van der Waals surface area contributed by atoms with Crippen molar-refractivity contribution >= 4 is 93.3 Å².